The van der Waals surface area contributed by atoms with Gasteiger partial charge >= 0.3 is 0 Å². The highest BCUT2D eigenvalue weighted by Gasteiger charge is 2.24. The molecule has 1 saturated heterocycles. The van der Waals surface area contributed by atoms with Gasteiger partial charge in [-0.25, -0.2) is 4.39 Å². The molecule has 1 aliphatic heterocycles. The van der Waals surface area contributed by atoms with E-state index in [1.54, 1.807) is 22.9 Å². The Morgan fingerprint density at radius 3 is 2.76 bits per heavy atom. The summed E-state index contributed by atoms with van der Waals surface area (Å²) in [7, 11) is 1.71. The summed E-state index contributed by atoms with van der Waals surface area (Å²) in [6.45, 7) is 1.17. The van der Waals surface area contributed by atoms with Gasteiger partial charge in [0.2, 0.25) is 5.91 Å². The van der Waals surface area contributed by atoms with Crippen LogP contribution in [0, 0.1) is 5.82 Å². The third-order valence-corrected chi connectivity index (χ3v) is 2.92. The van der Waals surface area contributed by atoms with Crippen molar-refractivity contribution in [3.8, 4) is 0 Å². The molecule has 1 fully saturated rings. The Kier molecular flexibility index (Phi) is 3.08. The van der Waals surface area contributed by atoms with Gasteiger partial charge in [-0.15, -0.1) is 0 Å². The minimum absolute atomic E-state index is 0.0728. The maximum Gasteiger partial charge on any atom is 0.241 e. The molecule has 0 atom stereocenters. The molecule has 1 heterocycles. The van der Waals surface area contributed by atoms with Crippen molar-refractivity contribution in [2.75, 3.05) is 31.6 Å². The van der Waals surface area contributed by atoms with Gasteiger partial charge in [-0.3, -0.25) is 9.59 Å². The van der Waals surface area contributed by atoms with Gasteiger partial charge in [-0.1, -0.05) is 6.07 Å². The van der Waals surface area contributed by atoms with Gasteiger partial charge in [0.15, 0.2) is 6.29 Å². The minimum atomic E-state index is -0.466. The molecule has 4 nitrogen and oxygen atoms in total. The molecule has 0 spiro atoms. The Labute approximate surface area is 98.6 Å². The lowest BCUT2D eigenvalue weighted by atomic mass is 10.1. The molecule has 2 rings (SSSR count). The normalized spacial score (nSPS) is 16.2. The van der Waals surface area contributed by atoms with Crippen molar-refractivity contribution in [2.45, 2.75) is 0 Å². The monoisotopic (exact) mass is 236 g/mol. The molecular weight excluding hydrogens is 223 g/mol. The standard InChI is InChI=1S/C12H13FN2O2/c1-14-5-6-15(7-11(14)17)12-9(8-16)3-2-4-10(12)13/h2-4,8H,5-7H2,1H3. The number of nitrogens with zero attached hydrogens (tertiary/aromatic N) is 2. The first-order valence-electron chi connectivity index (χ1n) is 5.36. The van der Waals surface area contributed by atoms with Crippen LogP contribution < -0.4 is 4.90 Å². The van der Waals surface area contributed by atoms with E-state index in [1.165, 1.54) is 12.1 Å². The lowest BCUT2D eigenvalue weighted by molar-refractivity contribution is -0.129. The molecule has 0 aliphatic carbocycles. The average molecular weight is 236 g/mol. The van der Waals surface area contributed by atoms with Crippen molar-refractivity contribution in [3.63, 3.8) is 0 Å². The van der Waals surface area contributed by atoms with Gasteiger partial charge in [0.25, 0.3) is 0 Å². The van der Waals surface area contributed by atoms with E-state index < -0.39 is 5.82 Å². The highest BCUT2D eigenvalue weighted by atomic mass is 19.1. The number of likely N-dealkylation sites (N-methyl/N-ethyl adjacent to an activating group) is 1. The second kappa shape index (κ2) is 4.53. The van der Waals surface area contributed by atoms with Crippen molar-refractivity contribution >= 4 is 17.9 Å². The Morgan fingerprint density at radius 1 is 1.35 bits per heavy atom. The molecule has 17 heavy (non-hydrogen) atoms. The van der Waals surface area contributed by atoms with Gasteiger partial charge in [0.1, 0.15) is 5.82 Å². The molecular formula is C12H13FN2O2. The van der Waals surface area contributed by atoms with Crippen LogP contribution in [0.2, 0.25) is 0 Å². The smallest absolute Gasteiger partial charge is 0.241 e. The molecule has 0 saturated carbocycles. The van der Waals surface area contributed by atoms with Crippen LogP contribution in [0.3, 0.4) is 0 Å². The topological polar surface area (TPSA) is 40.6 Å². The quantitative estimate of drug-likeness (QED) is 0.717. The van der Waals surface area contributed by atoms with Crippen LogP contribution in [-0.4, -0.2) is 43.8 Å². The molecule has 1 aliphatic rings. The van der Waals surface area contributed by atoms with E-state index in [0.717, 1.165) is 0 Å². The maximum atomic E-state index is 13.7. The zero-order valence-electron chi connectivity index (χ0n) is 9.52. The molecule has 0 unspecified atom stereocenters. The summed E-state index contributed by atoms with van der Waals surface area (Å²) in [5, 5.41) is 0. The SMILES string of the molecule is CN1CCN(c2c(F)cccc2C=O)CC1=O. The molecule has 1 aromatic rings. The maximum absolute atomic E-state index is 13.7. The highest BCUT2D eigenvalue weighted by Crippen LogP contribution is 2.24. The number of amides is 1. The Bertz CT molecular complexity index is 462. The predicted molar refractivity (Wildman–Crippen MR) is 61.6 cm³/mol. The number of hydrogen-bond donors (Lipinski definition) is 0. The fraction of sp³-hybridized carbons (Fsp3) is 0.333. The van der Waals surface area contributed by atoms with E-state index in [0.29, 0.717) is 19.4 Å². The molecule has 0 aromatic heterocycles. The summed E-state index contributed by atoms with van der Waals surface area (Å²) < 4.78 is 13.7. The molecule has 0 N–H and O–H groups in total. The van der Waals surface area contributed by atoms with Crippen LogP contribution in [0.25, 0.3) is 0 Å². The molecule has 0 bridgehead atoms. The molecule has 1 amide bonds. The zero-order valence-corrected chi connectivity index (χ0v) is 9.52. The first kappa shape index (κ1) is 11.6. The third kappa shape index (κ3) is 2.13. The van der Waals surface area contributed by atoms with Crippen molar-refractivity contribution in [3.05, 3.63) is 29.6 Å². The van der Waals surface area contributed by atoms with Crippen LogP contribution in [-0.2, 0) is 4.79 Å². The summed E-state index contributed by atoms with van der Waals surface area (Å²) in [4.78, 5) is 25.6. The fourth-order valence-corrected chi connectivity index (χ4v) is 1.91. The van der Waals surface area contributed by atoms with E-state index in [1.807, 2.05) is 0 Å². The Hall–Kier alpha value is -1.91. The number of carbonyl (C=O) groups excluding carboxylic acids is 2. The number of piperazine rings is 1. The molecule has 5 heteroatoms. The number of rotatable bonds is 2. The van der Waals surface area contributed by atoms with Gasteiger partial charge in [-0.2, -0.15) is 0 Å². The van der Waals surface area contributed by atoms with Crippen molar-refractivity contribution < 1.29 is 14.0 Å². The first-order chi connectivity index (χ1) is 8.13. The van der Waals surface area contributed by atoms with Crippen molar-refractivity contribution in [1.29, 1.82) is 0 Å². The second-order valence-corrected chi connectivity index (χ2v) is 4.03. The van der Waals surface area contributed by atoms with Crippen LogP contribution in [0.1, 0.15) is 10.4 Å². The lowest BCUT2D eigenvalue weighted by Gasteiger charge is -2.34. The van der Waals surface area contributed by atoms with Crippen LogP contribution >= 0.6 is 0 Å². The fourth-order valence-electron chi connectivity index (χ4n) is 1.91. The number of aldehydes is 1. The number of benzene rings is 1. The molecule has 90 valence electrons. The van der Waals surface area contributed by atoms with Crippen LogP contribution in [0.4, 0.5) is 10.1 Å². The minimum Gasteiger partial charge on any atom is -0.357 e. The number of hydrogen-bond acceptors (Lipinski definition) is 3. The summed E-state index contributed by atoms with van der Waals surface area (Å²) in [6.07, 6.45) is 0.612. The number of anilines is 1. The number of halogens is 1. The van der Waals surface area contributed by atoms with Gasteiger partial charge in [0.05, 0.1) is 12.2 Å². The highest BCUT2D eigenvalue weighted by molar-refractivity contribution is 5.88. The van der Waals surface area contributed by atoms with E-state index >= 15 is 0 Å². The van der Waals surface area contributed by atoms with Crippen molar-refractivity contribution in [2.24, 2.45) is 0 Å². The van der Waals surface area contributed by atoms with Gasteiger partial charge in [0, 0.05) is 25.7 Å². The first-order valence-corrected chi connectivity index (χ1v) is 5.36. The summed E-state index contributed by atoms with van der Waals surface area (Å²) in [5.74, 6) is -0.539. The van der Waals surface area contributed by atoms with Gasteiger partial charge in [-0.05, 0) is 12.1 Å². The van der Waals surface area contributed by atoms with E-state index in [4.69, 9.17) is 0 Å². The summed E-state index contributed by atoms with van der Waals surface area (Å²) in [5.41, 5.74) is 0.506. The lowest BCUT2D eigenvalue weighted by Crippen LogP contribution is -2.49. The van der Waals surface area contributed by atoms with E-state index in [9.17, 15) is 14.0 Å². The predicted octanol–water partition coefficient (Wildman–Crippen LogP) is 0.917. The largest absolute Gasteiger partial charge is 0.357 e. The zero-order chi connectivity index (χ0) is 12.4. The second-order valence-electron chi connectivity index (χ2n) is 4.03. The number of para-hydroxylation sites is 1. The average Bonchev–Trinajstić information content (AvgIpc) is 2.32. The molecule has 1 aromatic carbocycles. The summed E-state index contributed by atoms with van der Waals surface area (Å²) >= 11 is 0. The Morgan fingerprint density at radius 2 is 2.12 bits per heavy atom. The number of carbonyl (C=O) groups is 2. The third-order valence-electron chi connectivity index (χ3n) is 2.92. The van der Waals surface area contributed by atoms with E-state index in [2.05, 4.69) is 0 Å². The van der Waals surface area contributed by atoms with Crippen LogP contribution in [0.5, 0.6) is 0 Å². The van der Waals surface area contributed by atoms with E-state index in [-0.39, 0.29) is 23.7 Å². The van der Waals surface area contributed by atoms with Crippen LogP contribution in [0.15, 0.2) is 18.2 Å². The van der Waals surface area contributed by atoms with Crippen molar-refractivity contribution in [1.82, 2.24) is 4.90 Å². The molecule has 0 radical (unpaired) electrons. The Balaban J connectivity index is 2.34. The van der Waals surface area contributed by atoms with Gasteiger partial charge < -0.3 is 9.80 Å². The summed E-state index contributed by atoms with van der Waals surface area (Å²) in [6, 6.07) is 4.33.